The monoisotopic (exact) mass is 290 g/mol. The molecule has 0 spiro atoms. The fourth-order valence-corrected chi connectivity index (χ4v) is 2.95. The van der Waals surface area contributed by atoms with E-state index >= 15 is 0 Å². The summed E-state index contributed by atoms with van der Waals surface area (Å²) in [6.45, 7) is 2.45. The van der Waals surface area contributed by atoms with E-state index in [-0.39, 0.29) is 17.9 Å². The van der Waals surface area contributed by atoms with Crippen LogP contribution in [-0.2, 0) is 11.2 Å². The van der Waals surface area contributed by atoms with E-state index in [0.717, 1.165) is 30.5 Å². The Kier molecular flexibility index (Phi) is 5.20. The summed E-state index contributed by atoms with van der Waals surface area (Å²) in [4.78, 5) is 23.0. The van der Waals surface area contributed by atoms with Crippen molar-refractivity contribution in [3.63, 3.8) is 0 Å². The van der Waals surface area contributed by atoms with Gasteiger partial charge in [-0.15, -0.1) is 0 Å². The van der Waals surface area contributed by atoms with Crippen molar-refractivity contribution in [2.75, 3.05) is 11.9 Å². The topological polar surface area (TPSA) is 78.4 Å². The molecule has 0 aliphatic heterocycles. The molecule has 3 N–H and O–H groups in total. The molecule has 0 radical (unpaired) electrons. The summed E-state index contributed by atoms with van der Waals surface area (Å²) in [5.74, 6) is -1.04. The van der Waals surface area contributed by atoms with Crippen LogP contribution in [0.15, 0.2) is 24.3 Å². The van der Waals surface area contributed by atoms with Gasteiger partial charge < -0.3 is 15.7 Å². The highest BCUT2D eigenvalue weighted by Crippen LogP contribution is 2.31. The van der Waals surface area contributed by atoms with Gasteiger partial charge in [0.05, 0.1) is 5.92 Å². The first kappa shape index (κ1) is 15.4. The quantitative estimate of drug-likeness (QED) is 0.780. The molecule has 114 valence electrons. The van der Waals surface area contributed by atoms with Crippen molar-refractivity contribution >= 4 is 17.7 Å². The van der Waals surface area contributed by atoms with Gasteiger partial charge in [-0.05, 0) is 36.8 Å². The van der Waals surface area contributed by atoms with Gasteiger partial charge in [-0.2, -0.15) is 0 Å². The van der Waals surface area contributed by atoms with Crippen molar-refractivity contribution in [2.24, 2.45) is 11.8 Å². The van der Waals surface area contributed by atoms with Crippen LogP contribution >= 0.6 is 0 Å². The normalized spacial score (nSPS) is 21.0. The second-order valence-corrected chi connectivity index (χ2v) is 5.48. The minimum absolute atomic E-state index is 0.0367. The Labute approximate surface area is 124 Å². The number of urea groups is 1. The number of hydrogen-bond donors (Lipinski definition) is 3. The second-order valence-electron chi connectivity index (χ2n) is 5.48. The van der Waals surface area contributed by atoms with Gasteiger partial charge in [-0.3, -0.25) is 4.79 Å². The number of anilines is 1. The summed E-state index contributed by atoms with van der Waals surface area (Å²) in [7, 11) is 0. The maximum atomic E-state index is 11.9. The molecule has 1 aromatic rings. The van der Waals surface area contributed by atoms with Crippen LogP contribution in [0.2, 0.25) is 0 Å². The lowest BCUT2D eigenvalue weighted by atomic mass is 9.96. The smallest absolute Gasteiger partial charge is 0.319 e. The van der Waals surface area contributed by atoms with Crippen LogP contribution in [0.5, 0.6) is 0 Å². The van der Waals surface area contributed by atoms with E-state index in [1.807, 2.05) is 31.2 Å². The van der Waals surface area contributed by atoms with Gasteiger partial charge in [-0.25, -0.2) is 4.79 Å². The van der Waals surface area contributed by atoms with Gasteiger partial charge in [0.25, 0.3) is 0 Å². The molecule has 0 bridgehead atoms. The maximum absolute atomic E-state index is 11.9. The van der Waals surface area contributed by atoms with E-state index in [1.54, 1.807) is 0 Å². The maximum Gasteiger partial charge on any atom is 0.319 e. The van der Waals surface area contributed by atoms with E-state index in [9.17, 15) is 9.59 Å². The third-order valence-electron chi connectivity index (χ3n) is 4.15. The number of para-hydroxylation sites is 1. The summed E-state index contributed by atoms with van der Waals surface area (Å²) < 4.78 is 0. The fourth-order valence-electron chi connectivity index (χ4n) is 2.95. The number of benzene rings is 1. The molecule has 1 aliphatic rings. The zero-order chi connectivity index (χ0) is 15.2. The number of carboxylic acid groups (broad SMARTS) is 1. The average molecular weight is 290 g/mol. The summed E-state index contributed by atoms with van der Waals surface area (Å²) in [5, 5.41) is 14.8. The highest BCUT2D eigenvalue weighted by atomic mass is 16.4. The predicted octanol–water partition coefficient (Wildman–Crippen LogP) is 2.87. The lowest BCUT2D eigenvalue weighted by Crippen LogP contribution is -2.35. The summed E-state index contributed by atoms with van der Waals surface area (Å²) >= 11 is 0. The zero-order valence-corrected chi connectivity index (χ0v) is 12.3. The zero-order valence-electron chi connectivity index (χ0n) is 12.3. The van der Waals surface area contributed by atoms with Crippen LogP contribution in [0.4, 0.5) is 10.5 Å². The van der Waals surface area contributed by atoms with Crippen molar-refractivity contribution in [1.82, 2.24) is 5.32 Å². The molecule has 2 rings (SSSR count). The van der Waals surface area contributed by atoms with E-state index in [0.29, 0.717) is 13.0 Å². The molecule has 1 saturated carbocycles. The van der Waals surface area contributed by atoms with Crippen LogP contribution in [-0.4, -0.2) is 23.7 Å². The average Bonchev–Trinajstić information content (AvgIpc) is 2.94. The summed E-state index contributed by atoms with van der Waals surface area (Å²) in [6.07, 6.45) is 3.34. The minimum atomic E-state index is -0.754. The minimum Gasteiger partial charge on any atom is -0.481 e. The van der Waals surface area contributed by atoms with E-state index in [4.69, 9.17) is 5.11 Å². The molecule has 5 nitrogen and oxygen atoms in total. The number of nitrogens with one attached hydrogen (secondary N) is 2. The fraction of sp³-hybridized carbons (Fsp3) is 0.500. The molecule has 1 aliphatic carbocycles. The van der Waals surface area contributed by atoms with Crippen LogP contribution in [0, 0.1) is 11.8 Å². The van der Waals surface area contributed by atoms with E-state index in [1.165, 1.54) is 0 Å². The predicted molar refractivity (Wildman–Crippen MR) is 81.3 cm³/mol. The van der Waals surface area contributed by atoms with Crippen LogP contribution in [0.25, 0.3) is 0 Å². The van der Waals surface area contributed by atoms with Gasteiger partial charge in [-0.1, -0.05) is 31.5 Å². The molecule has 0 aromatic heterocycles. The number of aliphatic carboxylic acids is 1. The Morgan fingerprint density at radius 2 is 2.05 bits per heavy atom. The SMILES string of the molecule is CCc1ccccc1NC(=O)NCC1CCCC1C(=O)O. The van der Waals surface area contributed by atoms with Crippen molar-refractivity contribution in [2.45, 2.75) is 32.6 Å². The first-order valence-electron chi connectivity index (χ1n) is 7.47. The molecular formula is C16H22N2O3. The van der Waals surface area contributed by atoms with Gasteiger partial charge in [0.1, 0.15) is 0 Å². The molecule has 0 saturated heterocycles. The Hall–Kier alpha value is -2.04. The summed E-state index contributed by atoms with van der Waals surface area (Å²) in [5.41, 5.74) is 1.88. The first-order chi connectivity index (χ1) is 10.1. The molecule has 1 aromatic carbocycles. The Morgan fingerprint density at radius 1 is 1.29 bits per heavy atom. The molecule has 5 heteroatoms. The number of carboxylic acids is 1. The number of rotatable bonds is 5. The van der Waals surface area contributed by atoms with E-state index in [2.05, 4.69) is 10.6 Å². The Morgan fingerprint density at radius 3 is 2.76 bits per heavy atom. The first-order valence-corrected chi connectivity index (χ1v) is 7.47. The highest BCUT2D eigenvalue weighted by molar-refractivity contribution is 5.90. The van der Waals surface area contributed by atoms with Crippen LogP contribution < -0.4 is 10.6 Å². The lowest BCUT2D eigenvalue weighted by Gasteiger charge is -2.17. The van der Waals surface area contributed by atoms with Gasteiger partial charge in [0.2, 0.25) is 0 Å². The number of carbonyl (C=O) groups excluding carboxylic acids is 1. The summed E-state index contributed by atoms with van der Waals surface area (Å²) in [6, 6.07) is 7.40. The van der Waals surface area contributed by atoms with Gasteiger partial charge in [0, 0.05) is 12.2 Å². The molecule has 21 heavy (non-hydrogen) atoms. The van der Waals surface area contributed by atoms with Crippen molar-refractivity contribution < 1.29 is 14.7 Å². The number of hydrogen-bond acceptors (Lipinski definition) is 2. The second kappa shape index (κ2) is 7.11. The van der Waals surface area contributed by atoms with Gasteiger partial charge >= 0.3 is 12.0 Å². The number of amides is 2. The molecular weight excluding hydrogens is 268 g/mol. The van der Waals surface area contributed by atoms with Crippen molar-refractivity contribution in [1.29, 1.82) is 0 Å². The number of carbonyl (C=O) groups is 2. The van der Waals surface area contributed by atoms with E-state index < -0.39 is 5.97 Å². The van der Waals surface area contributed by atoms with Gasteiger partial charge in [0.15, 0.2) is 0 Å². The molecule has 2 atom stereocenters. The third kappa shape index (κ3) is 3.97. The highest BCUT2D eigenvalue weighted by Gasteiger charge is 2.32. The molecule has 0 heterocycles. The van der Waals surface area contributed by atoms with Crippen molar-refractivity contribution in [3.05, 3.63) is 29.8 Å². The molecule has 1 fully saturated rings. The molecule has 2 amide bonds. The third-order valence-corrected chi connectivity index (χ3v) is 4.15. The Bertz CT molecular complexity index is 516. The van der Waals surface area contributed by atoms with Crippen LogP contribution in [0.3, 0.4) is 0 Å². The molecule has 2 unspecified atom stereocenters. The van der Waals surface area contributed by atoms with Crippen LogP contribution in [0.1, 0.15) is 31.7 Å². The lowest BCUT2D eigenvalue weighted by molar-refractivity contribution is -0.142. The Balaban J connectivity index is 1.86. The van der Waals surface area contributed by atoms with Crippen molar-refractivity contribution in [3.8, 4) is 0 Å². The largest absolute Gasteiger partial charge is 0.481 e. The standard InChI is InChI=1S/C16H22N2O3/c1-2-11-6-3-4-9-14(11)18-16(21)17-10-12-7-5-8-13(12)15(19)20/h3-4,6,9,12-13H,2,5,7-8,10H2,1H3,(H,19,20)(H2,17,18,21). The number of aryl methyl sites for hydroxylation is 1.